The third-order valence-electron chi connectivity index (χ3n) is 2.59. The van der Waals surface area contributed by atoms with Crippen LogP contribution in [0.1, 0.15) is 30.3 Å². The number of unbranched alkanes of at least 4 members (excludes halogenated alkanes) is 1. The zero-order chi connectivity index (χ0) is 9.10. The number of aromatic nitrogens is 1. The van der Waals surface area contributed by atoms with Gasteiger partial charge in [-0.1, -0.05) is 13.3 Å². The average molecular weight is 196 g/mol. The first-order chi connectivity index (χ1) is 6.40. The van der Waals surface area contributed by atoms with Gasteiger partial charge in [0.15, 0.2) is 0 Å². The van der Waals surface area contributed by atoms with Gasteiger partial charge < -0.3 is 0 Å². The van der Waals surface area contributed by atoms with E-state index in [4.69, 9.17) is 0 Å². The van der Waals surface area contributed by atoms with Crippen molar-refractivity contribution in [2.45, 2.75) is 32.7 Å². The summed E-state index contributed by atoms with van der Waals surface area (Å²) in [6.07, 6.45) is 3.78. The second kappa shape index (κ2) is 4.20. The maximum Gasteiger partial charge on any atom is 0.0798 e. The van der Waals surface area contributed by atoms with Crippen LogP contribution in [0, 0.1) is 0 Å². The molecule has 72 valence electrons. The summed E-state index contributed by atoms with van der Waals surface area (Å²) >= 11 is 1.81. The molecular weight excluding hydrogens is 180 g/mol. The SMILES string of the molecule is CCCCN1CCc2ncsc2C1. The van der Waals surface area contributed by atoms with Crippen molar-refractivity contribution in [1.29, 1.82) is 0 Å². The normalized spacial score (nSPS) is 17.3. The Bertz CT molecular complexity index is 270. The van der Waals surface area contributed by atoms with E-state index in [0.717, 1.165) is 13.0 Å². The molecule has 0 fully saturated rings. The van der Waals surface area contributed by atoms with E-state index < -0.39 is 0 Å². The Labute approximate surface area is 83.6 Å². The summed E-state index contributed by atoms with van der Waals surface area (Å²) in [5, 5.41) is 0. The van der Waals surface area contributed by atoms with Crippen LogP contribution in [0.15, 0.2) is 5.51 Å². The summed E-state index contributed by atoms with van der Waals surface area (Å²) in [5.41, 5.74) is 3.33. The second-order valence-corrected chi connectivity index (χ2v) is 4.54. The molecule has 1 aromatic rings. The standard InChI is InChI=1S/C10H16N2S/c1-2-3-5-12-6-4-9-10(7-12)13-8-11-9/h8H,2-7H2,1H3. The fourth-order valence-electron chi connectivity index (χ4n) is 1.74. The summed E-state index contributed by atoms with van der Waals surface area (Å²) in [6, 6.07) is 0. The molecule has 1 aliphatic heterocycles. The molecular formula is C10H16N2S. The van der Waals surface area contributed by atoms with Crippen LogP contribution < -0.4 is 0 Å². The van der Waals surface area contributed by atoms with Gasteiger partial charge in [-0.3, -0.25) is 4.90 Å². The lowest BCUT2D eigenvalue weighted by atomic mass is 10.1. The monoisotopic (exact) mass is 196 g/mol. The fourth-order valence-corrected chi connectivity index (χ4v) is 2.60. The topological polar surface area (TPSA) is 16.1 Å². The molecule has 13 heavy (non-hydrogen) atoms. The zero-order valence-corrected chi connectivity index (χ0v) is 8.94. The van der Waals surface area contributed by atoms with E-state index in [0.29, 0.717) is 0 Å². The Morgan fingerprint density at radius 1 is 1.62 bits per heavy atom. The van der Waals surface area contributed by atoms with E-state index in [1.165, 1.54) is 36.5 Å². The fraction of sp³-hybridized carbons (Fsp3) is 0.700. The molecule has 1 aromatic heterocycles. The van der Waals surface area contributed by atoms with Gasteiger partial charge in [0.25, 0.3) is 0 Å². The minimum atomic E-state index is 1.14. The number of hydrogen-bond donors (Lipinski definition) is 0. The van der Waals surface area contributed by atoms with Crippen LogP contribution in [-0.2, 0) is 13.0 Å². The molecule has 0 amide bonds. The summed E-state index contributed by atoms with van der Waals surface area (Å²) in [6.45, 7) is 5.85. The van der Waals surface area contributed by atoms with Gasteiger partial charge in [-0.05, 0) is 13.0 Å². The van der Waals surface area contributed by atoms with Gasteiger partial charge in [0.05, 0.1) is 11.2 Å². The highest BCUT2D eigenvalue weighted by Crippen LogP contribution is 2.21. The van der Waals surface area contributed by atoms with E-state index in [-0.39, 0.29) is 0 Å². The molecule has 0 saturated heterocycles. The maximum atomic E-state index is 4.36. The Kier molecular flexibility index (Phi) is 2.96. The van der Waals surface area contributed by atoms with Crippen molar-refractivity contribution in [3.63, 3.8) is 0 Å². The lowest BCUT2D eigenvalue weighted by molar-refractivity contribution is 0.252. The molecule has 0 radical (unpaired) electrons. The van der Waals surface area contributed by atoms with Crippen molar-refractivity contribution < 1.29 is 0 Å². The Morgan fingerprint density at radius 3 is 3.38 bits per heavy atom. The molecule has 2 nitrogen and oxygen atoms in total. The molecule has 0 saturated carbocycles. The molecule has 0 N–H and O–H groups in total. The predicted octanol–water partition coefficient (Wildman–Crippen LogP) is 2.30. The van der Waals surface area contributed by atoms with Crippen LogP contribution in [0.3, 0.4) is 0 Å². The molecule has 0 spiro atoms. The van der Waals surface area contributed by atoms with Crippen LogP contribution in [-0.4, -0.2) is 23.0 Å². The molecule has 3 heteroatoms. The molecule has 1 aliphatic rings. The van der Waals surface area contributed by atoms with Gasteiger partial charge in [0.1, 0.15) is 0 Å². The van der Waals surface area contributed by atoms with E-state index in [1.807, 2.05) is 16.8 Å². The van der Waals surface area contributed by atoms with Crippen molar-refractivity contribution in [1.82, 2.24) is 9.88 Å². The van der Waals surface area contributed by atoms with Crippen molar-refractivity contribution in [3.05, 3.63) is 16.1 Å². The number of hydrogen-bond acceptors (Lipinski definition) is 3. The van der Waals surface area contributed by atoms with Gasteiger partial charge in [-0.25, -0.2) is 4.98 Å². The quantitative estimate of drug-likeness (QED) is 0.737. The van der Waals surface area contributed by atoms with Crippen molar-refractivity contribution in [2.75, 3.05) is 13.1 Å². The third kappa shape index (κ3) is 2.09. The van der Waals surface area contributed by atoms with Gasteiger partial charge >= 0.3 is 0 Å². The number of thiazole rings is 1. The highest BCUT2D eigenvalue weighted by molar-refractivity contribution is 7.09. The van der Waals surface area contributed by atoms with Crippen molar-refractivity contribution >= 4 is 11.3 Å². The minimum absolute atomic E-state index is 1.14. The first kappa shape index (κ1) is 9.16. The van der Waals surface area contributed by atoms with E-state index in [2.05, 4.69) is 16.8 Å². The average Bonchev–Trinajstić information content (AvgIpc) is 2.61. The molecule has 0 bridgehead atoms. The summed E-state index contributed by atoms with van der Waals surface area (Å²) in [4.78, 5) is 8.40. The zero-order valence-electron chi connectivity index (χ0n) is 8.12. The van der Waals surface area contributed by atoms with Crippen LogP contribution in [0.4, 0.5) is 0 Å². The number of rotatable bonds is 3. The van der Waals surface area contributed by atoms with Crippen LogP contribution in [0.25, 0.3) is 0 Å². The Hall–Kier alpha value is -0.410. The largest absolute Gasteiger partial charge is 0.298 e. The first-order valence-electron chi connectivity index (χ1n) is 5.03. The summed E-state index contributed by atoms with van der Waals surface area (Å²) < 4.78 is 0. The predicted molar refractivity (Wildman–Crippen MR) is 56.0 cm³/mol. The summed E-state index contributed by atoms with van der Waals surface area (Å²) in [7, 11) is 0. The summed E-state index contributed by atoms with van der Waals surface area (Å²) in [5.74, 6) is 0. The Balaban J connectivity index is 1.93. The van der Waals surface area contributed by atoms with Crippen LogP contribution in [0.2, 0.25) is 0 Å². The number of fused-ring (bicyclic) bond motifs is 1. The lowest BCUT2D eigenvalue weighted by Crippen LogP contribution is -2.30. The molecule has 2 rings (SSSR count). The maximum absolute atomic E-state index is 4.36. The minimum Gasteiger partial charge on any atom is -0.298 e. The van der Waals surface area contributed by atoms with E-state index in [1.54, 1.807) is 0 Å². The van der Waals surface area contributed by atoms with E-state index in [9.17, 15) is 0 Å². The molecule has 0 aromatic carbocycles. The highest BCUT2D eigenvalue weighted by atomic mass is 32.1. The molecule has 0 unspecified atom stereocenters. The first-order valence-corrected chi connectivity index (χ1v) is 5.91. The molecule has 0 aliphatic carbocycles. The van der Waals surface area contributed by atoms with Gasteiger partial charge in [-0.2, -0.15) is 0 Å². The second-order valence-electron chi connectivity index (χ2n) is 3.60. The van der Waals surface area contributed by atoms with E-state index >= 15 is 0 Å². The highest BCUT2D eigenvalue weighted by Gasteiger charge is 2.17. The third-order valence-corrected chi connectivity index (χ3v) is 3.45. The van der Waals surface area contributed by atoms with Crippen molar-refractivity contribution in [2.24, 2.45) is 0 Å². The Morgan fingerprint density at radius 2 is 2.54 bits per heavy atom. The van der Waals surface area contributed by atoms with Crippen molar-refractivity contribution in [3.8, 4) is 0 Å². The van der Waals surface area contributed by atoms with Gasteiger partial charge in [0, 0.05) is 24.4 Å². The number of nitrogens with zero attached hydrogens (tertiary/aromatic N) is 2. The van der Waals surface area contributed by atoms with Gasteiger partial charge in [-0.15, -0.1) is 11.3 Å². The molecule has 2 heterocycles. The van der Waals surface area contributed by atoms with Crippen LogP contribution >= 0.6 is 11.3 Å². The lowest BCUT2D eigenvalue weighted by Gasteiger charge is -2.25. The molecule has 0 atom stereocenters. The van der Waals surface area contributed by atoms with Gasteiger partial charge in [0.2, 0.25) is 0 Å². The van der Waals surface area contributed by atoms with Crippen LogP contribution in [0.5, 0.6) is 0 Å². The smallest absolute Gasteiger partial charge is 0.0798 e.